The molecule has 1 aromatic carbocycles. The zero-order valence-electron chi connectivity index (χ0n) is 18.0. The van der Waals surface area contributed by atoms with Crippen LogP contribution in [0.15, 0.2) is 24.3 Å². The fourth-order valence-electron chi connectivity index (χ4n) is 3.07. The van der Waals surface area contributed by atoms with Gasteiger partial charge in [0.1, 0.15) is 6.04 Å². The molecule has 30 heavy (non-hydrogen) atoms. The number of imide groups is 1. The molecule has 1 aliphatic rings. The highest BCUT2D eigenvalue weighted by Crippen LogP contribution is 2.22. The number of hydrogen-bond acceptors (Lipinski definition) is 6. The predicted octanol–water partition coefficient (Wildman–Crippen LogP) is 2.53. The van der Waals surface area contributed by atoms with Gasteiger partial charge in [-0.3, -0.25) is 19.3 Å². The van der Waals surface area contributed by atoms with Gasteiger partial charge in [0.05, 0.1) is 0 Å². The number of nitrogens with zero attached hydrogens (tertiary/aromatic N) is 1. The van der Waals surface area contributed by atoms with Crippen molar-refractivity contribution in [2.75, 3.05) is 25.2 Å². The molecule has 1 saturated heterocycles. The molecule has 0 saturated carbocycles. The first-order valence-electron chi connectivity index (χ1n) is 10.0. The second-order valence-electron chi connectivity index (χ2n) is 8.29. The topological polar surface area (TPSA) is 92.8 Å². The highest BCUT2D eigenvalue weighted by Gasteiger charge is 2.29. The number of esters is 1. The van der Waals surface area contributed by atoms with Crippen molar-refractivity contribution in [1.29, 1.82) is 0 Å². The van der Waals surface area contributed by atoms with E-state index >= 15 is 0 Å². The lowest BCUT2D eigenvalue weighted by Crippen LogP contribution is -2.44. The molecule has 164 valence electrons. The molecule has 0 bridgehead atoms. The Morgan fingerprint density at radius 3 is 2.40 bits per heavy atom. The zero-order chi connectivity index (χ0) is 22.3. The Kier molecular flexibility index (Phi) is 8.46. The number of thioether (sulfide) groups is 1. The Labute approximate surface area is 181 Å². The molecule has 2 rings (SSSR count). The van der Waals surface area contributed by atoms with E-state index < -0.39 is 24.5 Å². The molecule has 0 radical (unpaired) electrons. The van der Waals surface area contributed by atoms with Gasteiger partial charge in [0.2, 0.25) is 5.91 Å². The van der Waals surface area contributed by atoms with Gasteiger partial charge in [-0.15, -0.1) is 0 Å². The summed E-state index contributed by atoms with van der Waals surface area (Å²) in [6.45, 7) is 6.12. The van der Waals surface area contributed by atoms with Gasteiger partial charge in [0.25, 0.3) is 11.8 Å². The largest absolute Gasteiger partial charge is 0.454 e. The van der Waals surface area contributed by atoms with Crippen LogP contribution in [0.1, 0.15) is 56.0 Å². The van der Waals surface area contributed by atoms with Gasteiger partial charge in [0, 0.05) is 18.5 Å². The molecular formula is C22H30N2O5S. The molecule has 1 fully saturated rings. The fraction of sp³-hybridized carbons (Fsp3) is 0.545. The molecule has 0 aliphatic carbocycles. The van der Waals surface area contributed by atoms with Crippen LogP contribution in [0.4, 0.5) is 0 Å². The average Bonchev–Trinajstić information content (AvgIpc) is 3.14. The molecule has 1 atom stereocenters. The van der Waals surface area contributed by atoms with E-state index in [9.17, 15) is 19.2 Å². The number of carbonyl (C=O) groups excluding carboxylic acids is 4. The number of amides is 3. The lowest BCUT2D eigenvalue weighted by atomic mass is 9.86. The van der Waals surface area contributed by atoms with Crippen molar-refractivity contribution >= 4 is 35.5 Å². The molecule has 8 heteroatoms. The molecular weight excluding hydrogens is 404 g/mol. The Hall–Kier alpha value is -2.35. The first-order valence-corrected chi connectivity index (χ1v) is 11.4. The highest BCUT2D eigenvalue weighted by atomic mass is 32.2. The number of likely N-dealkylation sites (tertiary alicyclic amines) is 1. The molecule has 1 N–H and O–H groups in total. The third-order valence-electron chi connectivity index (χ3n) is 4.93. The summed E-state index contributed by atoms with van der Waals surface area (Å²) in [5, 5.41) is 2.71. The Morgan fingerprint density at radius 1 is 1.20 bits per heavy atom. The number of hydrogen-bond donors (Lipinski definition) is 1. The summed E-state index contributed by atoms with van der Waals surface area (Å²) in [6, 6.07) is 6.39. The van der Waals surface area contributed by atoms with Crippen LogP contribution in [-0.2, 0) is 24.5 Å². The van der Waals surface area contributed by atoms with Crippen LogP contribution < -0.4 is 5.32 Å². The standard InChI is InChI=1S/C22H30N2O5S/c1-22(2,3)16-9-7-15(8-10-16)20(27)23-17(11-13-30-4)21(28)29-14-19(26)24-12-5-6-18(24)25/h7-10,17H,5-6,11-14H2,1-4H3,(H,23,27)/t17-/m1/s1. The SMILES string of the molecule is CSCC[C@@H](NC(=O)c1ccc(C(C)(C)C)cc1)C(=O)OCC(=O)N1CCCC1=O. The van der Waals surface area contributed by atoms with Crippen molar-refractivity contribution in [3.05, 3.63) is 35.4 Å². The quantitative estimate of drug-likeness (QED) is 0.632. The molecule has 1 heterocycles. The lowest BCUT2D eigenvalue weighted by molar-refractivity contribution is -0.156. The van der Waals surface area contributed by atoms with Gasteiger partial charge in [-0.2, -0.15) is 11.8 Å². The summed E-state index contributed by atoms with van der Waals surface area (Å²) in [5.74, 6) is -1.19. The zero-order valence-corrected chi connectivity index (χ0v) is 18.8. The van der Waals surface area contributed by atoms with Crippen LogP contribution in [-0.4, -0.2) is 59.8 Å². The normalized spacial score (nSPS) is 15.1. The van der Waals surface area contributed by atoms with Crippen molar-refractivity contribution in [2.24, 2.45) is 0 Å². The van der Waals surface area contributed by atoms with Gasteiger partial charge in [-0.05, 0) is 48.0 Å². The minimum Gasteiger partial charge on any atom is -0.454 e. The fourth-order valence-corrected chi connectivity index (χ4v) is 3.54. The molecule has 0 spiro atoms. The van der Waals surface area contributed by atoms with E-state index in [2.05, 4.69) is 26.1 Å². The van der Waals surface area contributed by atoms with E-state index in [0.29, 0.717) is 37.1 Å². The number of nitrogens with one attached hydrogen (secondary N) is 1. The maximum atomic E-state index is 12.6. The van der Waals surface area contributed by atoms with Gasteiger partial charge in [-0.25, -0.2) is 4.79 Å². The van der Waals surface area contributed by atoms with Gasteiger partial charge >= 0.3 is 5.97 Å². The van der Waals surface area contributed by atoms with E-state index in [1.165, 1.54) is 0 Å². The van der Waals surface area contributed by atoms with E-state index in [-0.39, 0.29) is 17.2 Å². The monoisotopic (exact) mass is 434 g/mol. The average molecular weight is 435 g/mol. The summed E-state index contributed by atoms with van der Waals surface area (Å²) >= 11 is 1.54. The van der Waals surface area contributed by atoms with Crippen LogP contribution in [0.25, 0.3) is 0 Å². The summed E-state index contributed by atoms with van der Waals surface area (Å²) in [7, 11) is 0. The summed E-state index contributed by atoms with van der Waals surface area (Å²) in [4.78, 5) is 50.0. The van der Waals surface area contributed by atoms with Crippen molar-refractivity contribution in [1.82, 2.24) is 10.2 Å². The summed E-state index contributed by atoms with van der Waals surface area (Å²) in [6.07, 6.45) is 3.24. The van der Waals surface area contributed by atoms with Crippen molar-refractivity contribution < 1.29 is 23.9 Å². The molecule has 3 amide bonds. The minimum absolute atomic E-state index is 0.0248. The third-order valence-corrected chi connectivity index (χ3v) is 5.57. The van der Waals surface area contributed by atoms with E-state index in [4.69, 9.17) is 4.74 Å². The smallest absolute Gasteiger partial charge is 0.329 e. The Morgan fingerprint density at radius 2 is 1.87 bits per heavy atom. The van der Waals surface area contributed by atoms with Gasteiger partial charge in [0.15, 0.2) is 6.61 Å². The first kappa shape index (κ1) is 23.9. The van der Waals surface area contributed by atoms with Gasteiger partial charge < -0.3 is 10.1 Å². The lowest BCUT2D eigenvalue weighted by Gasteiger charge is -2.20. The van der Waals surface area contributed by atoms with E-state index in [1.807, 2.05) is 18.4 Å². The van der Waals surface area contributed by atoms with E-state index in [1.54, 1.807) is 23.9 Å². The van der Waals surface area contributed by atoms with Gasteiger partial charge in [-0.1, -0.05) is 32.9 Å². The van der Waals surface area contributed by atoms with Crippen LogP contribution in [0.2, 0.25) is 0 Å². The highest BCUT2D eigenvalue weighted by molar-refractivity contribution is 7.98. The van der Waals surface area contributed by atoms with Crippen LogP contribution in [0.5, 0.6) is 0 Å². The number of rotatable bonds is 8. The van der Waals surface area contributed by atoms with Crippen LogP contribution in [0.3, 0.4) is 0 Å². The summed E-state index contributed by atoms with van der Waals surface area (Å²) in [5.41, 5.74) is 1.53. The third kappa shape index (κ3) is 6.58. The molecule has 0 aromatic heterocycles. The molecule has 7 nitrogen and oxygen atoms in total. The van der Waals surface area contributed by atoms with Crippen molar-refractivity contribution in [3.63, 3.8) is 0 Å². The van der Waals surface area contributed by atoms with Crippen LogP contribution in [0, 0.1) is 0 Å². The Balaban J connectivity index is 1.98. The maximum Gasteiger partial charge on any atom is 0.329 e. The Bertz CT molecular complexity index is 786. The number of carbonyl (C=O) groups is 4. The minimum atomic E-state index is -0.866. The number of benzene rings is 1. The van der Waals surface area contributed by atoms with Crippen molar-refractivity contribution in [3.8, 4) is 0 Å². The van der Waals surface area contributed by atoms with E-state index in [0.717, 1.165) is 10.5 Å². The van der Waals surface area contributed by atoms with Crippen molar-refractivity contribution in [2.45, 2.75) is 51.5 Å². The second-order valence-corrected chi connectivity index (χ2v) is 9.27. The maximum absolute atomic E-state index is 12.6. The first-order chi connectivity index (χ1) is 14.1. The summed E-state index contributed by atoms with van der Waals surface area (Å²) < 4.78 is 5.12. The molecule has 1 aromatic rings. The van der Waals surface area contributed by atoms with Crippen LogP contribution >= 0.6 is 11.8 Å². The number of ether oxygens (including phenoxy) is 1. The predicted molar refractivity (Wildman–Crippen MR) is 116 cm³/mol. The second kappa shape index (κ2) is 10.6. The molecule has 0 unspecified atom stereocenters. The molecule has 1 aliphatic heterocycles.